The van der Waals surface area contributed by atoms with Crippen LogP contribution in [0.2, 0.25) is 0 Å². The van der Waals surface area contributed by atoms with E-state index >= 15 is 0 Å². The molecule has 2 amide bonds. The molecule has 134 valence electrons. The van der Waals surface area contributed by atoms with Crippen molar-refractivity contribution >= 4 is 28.2 Å². The number of aromatic nitrogens is 2. The summed E-state index contributed by atoms with van der Waals surface area (Å²) in [5.41, 5.74) is 2.23. The number of anilines is 2. The van der Waals surface area contributed by atoms with Gasteiger partial charge in [-0.15, -0.1) is 10.2 Å². The van der Waals surface area contributed by atoms with E-state index in [1.54, 1.807) is 12.1 Å². The number of nitrogens with zero attached hydrogens (tertiary/aromatic N) is 2. The van der Waals surface area contributed by atoms with E-state index in [0.29, 0.717) is 10.1 Å². The number of hydrogen-bond donors (Lipinski definition) is 2. The quantitative estimate of drug-likeness (QED) is 0.690. The number of aryl methyl sites for hydroxylation is 2. The van der Waals surface area contributed by atoms with Crippen molar-refractivity contribution in [3.63, 3.8) is 0 Å². The summed E-state index contributed by atoms with van der Waals surface area (Å²) in [7, 11) is 0. The normalized spacial score (nSPS) is 10.4. The van der Waals surface area contributed by atoms with E-state index in [4.69, 9.17) is 4.74 Å². The Bertz CT molecular complexity index is 929. The lowest BCUT2D eigenvalue weighted by Crippen LogP contribution is -2.19. The summed E-state index contributed by atoms with van der Waals surface area (Å²) in [5.74, 6) is 0.273. The monoisotopic (exact) mass is 372 g/mol. The lowest BCUT2D eigenvalue weighted by atomic mass is 10.1. The third-order valence-electron chi connectivity index (χ3n) is 3.50. The zero-order valence-electron chi connectivity index (χ0n) is 14.2. The van der Waals surface area contributed by atoms with Crippen LogP contribution in [0.25, 0.3) is 0 Å². The number of urea groups is 1. The van der Waals surface area contributed by atoms with Crippen molar-refractivity contribution in [3.8, 4) is 5.75 Å². The highest BCUT2D eigenvalue weighted by Crippen LogP contribution is 2.22. The van der Waals surface area contributed by atoms with Crippen molar-refractivity contribution in [3.05, 3.63) is 64.4 Å². The van der Waals surface area contributed by atoms with E-state index in [1.165, 1.54) is 23.5 Å². The Kier molecular flexibility index (Phi) is 5.43. The van der Waals surface area contributed by atoms with E-state index in [2.05, 4.69) is 20.8 Å². The first-order valence-electron chi connectivity index (χ1n) is 7.86. The maximum Gasteiger partial charge on any atom is 0.325 e. The Hall–Kier alpha value is -3.00. The molecule has 0 bridgehead atoms. The van der Waals surface area contributed by atoms with Crippen LogP contribution in [0.5, 0.6) is 5.75 Å². The number of ether oxygens (including phenoxy) is 1. The van der Waals surface area contributed by atoms with E-state index in [1.807, 2.05) is 32.0 Å². The van der Waals surface area contributed by atoms with E-state index in [0.717, 1.165) is 16.9 Å². The first-order valence-corrected chi connectivity index (χ1v) is 8.68. The Balaban J connectivity index is 1.57. The molecule has 0 atom stereocenters. The minimum atomic E-state index is -0.590. The van der Waals surface area contributed by atoms with Crippen molar-refractivity contribution in [1.82, 2.24) is 10.2 Å². The van der Waals surface area contributed by atoms with Crippen molar-refractivity contribution in [2.45, 2.75) is 20.5 Å². The molecule has 26 heavy (non-hydrogen) atoms. The fourth-order valence-corrected chi connectivity index (χ4v) is 2.83. The predicted octanol–water partition coefficient (Wildman–Crippen LogP) is 4.52. The maximum absolute atomic E-state index is 13.5. The van der Waals surface area contributed by atoms with Gasteiger partial charge >= 0.3 is 6.03 Å². The number of carbonyl (C=O) groups excluding carboxylic acids is 1. The number of amides is 2. The van der Waals surface area contributed by atoms with Gasteiger partial charge in [0, 0.05) is 0 Å². The highest BCUT2D eigenvalue weighted by atomic mass is 32.1. The Morgan fingerprint density at radius 2 is 1.96 bits per heavy atom. The molecule has 6 nitrogen and oxygen atoms in total. The number of nitrogens with one attached hydrogen (secondary N) is 2. The molecule has 3 aromatic rings. The maximum atomic E-state index is 13.5. The number of halogens is 1. The fourth-order valence-electron chi connectivity index (χ4n) is 2.18. The molecule has 1 aromatic heterocycles. The summed E-state index contributed by atoms with van der Waals surface area (Å²) in [4.78, 5) is 11.9. The number of para-hydroxylation sites is 1. The summed E-state index contributed by atoms with van der Waals surface area (Å²) in [6.07, 6.45) is 0. The Morgan fingerprint density at radius 1 is 1.15 bits per heavy atom. The van der Waals surface area contributed by atoms with Gasteiger partial charge in [-0.3, -0.25) is 5.32 Å². The van der Waals surface area contributed by atoms with Gasteiger partial charge in [0.15, 0.2) is 5.01 Å². The second-order valence-electron chi connectivity index (χ2n) is 5.62. The SMILES string of the molecule is Cc1ccc(C)c(OCc2nnc(NC(=O)Nc3ccccc3F)s2)c1. The van der Waals surface area contributed by atoms with Gasteiger partial charge in [-0.25, -0.2) is 9.18 Å². The van der Waals surface area contributed by atoms with Crippen LogP contribution < -0.4 is 15.4 Å². The largest absolute Gasteiger partial charge is 0.486 e. The highest BCUT2D eigenvalue weighted by molar-refractivity contribution is 7.15. The summed E-state index contributed by atoms with van der Waals surface area (Å²) in [5, 5.41) is 13.8. The molecule has 0 aliphatic rings. The second kappa shape index (κ2) is 7.92. The lowest BCUT2D eigenvalue weighted by Gasteiger charge is -2.08. The molecule has 1 heterocycles. The van der Waals surface area contributed by atoms with Gasteiger partial charge in [-0.2, -0.15) is 0 Å². The van der Waals surface area contributed by atoms with Crippen molar-refractivity contribution in [2.75, 3.05) is 10.6 Å². The summed E-state index contributed by atoms with van der Waals surface area (Å²) < 4.78 is 19.3. The molecule has 0 saturated heterocycles. The molecule has 0 spiro atoms. The Morgan fingerprint density at radius 3 is 2.77 bits per heavy atom. The standard InChI is InChI=1S/C18H17FN4O2S/c1-11-7-8-12(2)15(9-11)25-10-16-22-23-18(26-16)21-17(24)20-14-6-4-3-5-13(14)19/h3-9H,10H2,1-2H3,(H2,20,21,23,24). The first-order chi connectivity index (χ1) is 12.5. The zero-order chi connectivity index (χ0) is 18.5. The van der Waals surface area contributed by atoms with Gasteiger partial charge in [0.2, 0.25) is 5.13 Å². The molecule has 8 heteroatoms. The van der Waals surface area contributed by atoms with Crippen molar-refractivity contribution in [2.24, 2.45) is 0 Å². The molecule has 0 aliphatic carbocycles. The third-order valence-corrected chi connectivity index (χ3v) is 4.32. The van der Waals surface area contributed by atoms with Crippen LogP contribution in [0.15, 0.2) is 42.5 Å². The Labute approximate surface area is 154 Å². The van der Waals surface area contributed by atoms with Gasteiger partial charge in [0.1, 0.15) is 18.2 Å². The average Bonchev–Trinajstić information content (AvgIpc) is 3.05. The van der Waals surface area contributed by atoms with Crippen LogP contribution in [-0.2, 0) is 6.61 Å². The van der Waals surface area contributed by atoms with Gasteiger partial charge in [-0.1, -0.05) is 35.6 Å². The highest BCUT2D eigenvalue weighted by Gasteiger charge is 2.11. The molecule has 0 unspecified atom stereocenters. The summed E-state index contributed by atoms with van der Waals surface area (Å²) in [6, 6.07) is 11.3. The van der Waals surface area contributed by atoms with Gasteiger partial charge in [-0.05, 0) is 43.2 Å². The molecule has 0 saturated carbocycles. The van der Waals surface area contributed by atoms with E-state index < -0.39 is 11.8 Å². The van der Waals surface area contributed by atoms with Crippen LogP contribution >= 0.6 is 11.3 Å². The van der Waals surface area contributed by atoms with Crippen LogP contribution in [0, 0.1) is 19.7 Å². The molecule has 0 radical (unpaired) electrons. The lowest BCUT2D eigenvalue weighted by molar-refractivity contribution is 0.262. The molecule has 2 aromatic carbocycles. The molecular formula is C18H17FN4O2S. The molecule has 2 N–H and O–H groups in total. The summed E-state index contributed by atoms with van der Waals surface area (Å²) >= 11 is 1.19. The molecule has 3 rings (SSSR count). The average molecular weight is 372 g/mol. The number of hydrogen-bond acceptors (Lipinski definition) is 5. The minimum absolute atomic E-state index is 0.0907. The van der Waals surface area contributed by atoms with Crippen LogP contribution in [0.1, 0.15) is 16.1 Å². The van der Waals surface area contributed by atoms with Crippen molar-refractivity contribution in [1.29, 1.82) is 0 Å². The van der Waals surface area contributed by atoms with Crippen LogP contribution in [0.4, 0.5) is 20.0 Å². The van der Waals surface area contributed by atoms with E-state index in [9.17, 15) is 9.18 Å². The fraction of sp³-hybridized carbons (Fsp3) is 0.167. The first kappa shape index (κ1) is 17.8. The van der Waals surface area contributed by atoms with Crippen LogP contribution in [-0.4, -0.2) is 16.2 Å². The molecule has 0 aliphatic heterocycles. The smallest absolute Gasteiger partial charge is 0.325 e. The number of carbonyl (C=O) groups is 1. The van der Waals surface area contributed by atoms with Gasteiger partial charge in [0.25, 0.3) is 0 Å². The minimum Gasteiger partial charge on any atom is -0.486 e. The van der Waals surface area contributed by atoms with Gasteiger partial charge < -0.3 is 10.1 Å². The van der Waals surface area contributed by atoms with Gasteiger partial charge in [0.05, 0.1) is 5.69 Å². The zero-order valence-corrected chi connectivity index (χ0v) is 15.1. The molecular weight excluding hydrogens is 355 g/mol. The number of benzene rings is 2. The molecule has 0 fully saturated rings. The second-order valence-corrected chi connectivity index (χ2v) is 6.68. The topological polar surface area (TPSA) is 76.1 Å². The number of rotatable bonds is 5. The summed E-state index contributed by atoms with van der Waals surface area (Å²) in [6.45, 7) is 4.21. The predicted molar refractivity (Wildman–Crippen MR) is 99.2 cm³/mol. The van der Waals surface area contributed by atoms with E-state index in [-0.39, 0.29) is 12.3 Å². The third kappa shape index (κ3) is 4.54. The van der Waals surface area contributed by atoms with Crippen LogP contribution in [0.3, 0.4) is 0 Å². The van der Waals surface area contributed by atoms with Crippen molar-refractivity contribution < 1.29 is 13.9 Å².